The van der Waals surface area contributed by atoms with E-state index in [1.54, 1.807) is 6.33 Å². The van der Waals surface area contributed by atoms with Crippen molar-refractivity contribution in [3.8, 4) is 0 Å². The summed E-state index contributed by atoms with van der Waals surface area (Å²) in [6, 6.07) is 6.90. The van der Waals surface area contributed by atoms with Crippen molar-refractivity contribution in [2.24, 2.45) is 5.92 Å². The summed E-state index contributed by atoms with van der Waals surface area (Å²) in [5.74, 6) is 0.403. The molecule has 45 heavy (non-hydrogen) atoms. The molecule has 4 N–H and O–H groups in total. The van der Waals surface area contributed by atoms with E-state index < -0.39 is 12.0 Å². The first kappa shape index (κ1) is 31.8. The summed E-state index contributed by atoms with van der Waals surface area (Å²) < 4.78 is 21.4. The Bertz CT molecular complexity index is 1540. The minimum atomic E-state index is -0.726. The third kappa shape index (κ3) is 6.45. The van der Waals surface area contributed by atoms with Gasteiger partial charge < -0.3 is 25.7 Å². The Balaban J connectivity index is 1.06. The van der Waals surface area contributed by atoms with Gasteiger partial charge in [-0.1, -0.05) is 32.9 Å². The number of carbonyl (C=O) groups excluding carboxylic acids is 1. The van der Waals surface area contributed by atoms with Gasteiger partial charge in [0.1, 0.15) is 35.9 Å². The molecule has 3 aliphatic rings. The third-order valence-corrected chi connectivity index (χ3v) is 9.75. The fraction of sp³-hybridized carbons (Fsp3) is 0.647. The molecular formula is C34H49N7O4. The van der Waals surface area contributed by atoms with E-state index in [0.29, 0.717) is 53.5 Å². The van der Waals surface area contributed by atoms with E-state index in [4.69, 9.17) is 25.7 Å². The first-order valence-corrected chi connectivity index (χ1v) is 16.3. The molecule has 3 fully saturated rings. The number of hydrogen-bond donors (Lipinski definition) is 2. The van der Waals surface area contributed by atoms with E-state index in [0.717, 1.165) is 31.4 Å². The van der Waals surface area contributed by atoms with Crippen LogP contribution in [0.5, 0.6) is 0 Å². The summed E-state index contributed by atoms with van der Waals surface area (Å²) in [5.41, 5.74) is 16.4. The van der Waals surface area contributed by atoms with Crippen LogP contribution in [0.25, 0.3) is 11.2 Å². The number of nitrogens with zero attached hydrogens (tertiary/aromatic N) is 5. The number of ketones is 1. The molecule has 2 saturated heterocycles. The standard InChI is InChI=1S/C34H49N7O4/c1-19(2)40(23-12-20(13-23)8-11-24(42)14-21-9-10-22(15-25(21)35)33(3,4)5)16-26-28-29(45-34(6,7)44-28)32(43-26)41-18-39-27-30(36)37-17-38-31(27)41/h9-10,15,17-20,23,26,28-29,32H,8,11-14,16,35H2,1-7H3,(H2,36,37,38)/t20?,23?,26-,28-,29-,32-/m1/s1. The van der Waals surface area contributed by atoms with Crippen molar-refractivity contribution in [3.05, 3.63) is 42.0 Å². The average molecular weight is 620 g/mol. The van der Waals surface area contributed by atoms with Gasteiger partial charge in [0.25, 0.3) is 0 Å². The first-order valence-electron chi connectivity index (χ1n) is 16.3. The van der Waals surface area contributed by atoms with Crippen LogP contribution in [0.3, 0.4) is 0 Å². The maximum atomic E-state index is 12.9. The zero-order valence-electron chi connectivity index (χ0n) is 27.7. The van der Waals surface area contributed by atoms with Gasteiger partial charge in [0, 0.05) is 37.2 Å². The minimum absolute atomic E-state index is 0.0302. The molecule has 0 amide bonds. The van der Waals surface area contributed by atoms with Gasteiger partial charge in [-0.05, 0) is 75.5 Å². The molecule has 3 aromatic rings. The van der Waals surface area contributed by atoms with E-state index >= 15 is 0 Å². The summed E-state index contributed by atoms with van der Waals surface area (Å²) in [7, 11) is 0. The van der Waals surface area contributed by atoms with Crippen LogP contribution in [-0.4, -0.2) is 72.9 Å². The highest BCUT2D eigenvalue weighted by Crippen LogP contribution is 2.45. The first-order chi connectivity index (χ1) is 21.2. The van der Waals surface area contributed by atoms with Crippen LogP contribution in [0.1, 0.15) is 91.5 Å². The Labute approximate surface area is 266 Å². The number of fused-ring (bicyclic) bond motifs is 2. The van der Waals surface area contributed by atoms with Gasteiger partial charge in [0.2, 0.25) is 0 Å². The number of aromatic nitrogens is 4. The topological polar surface area (TPSA) is 144 Å². The summed E-state index contributed by atoms with van der Waals surface area (Å²) in [4.78, 5) is 28.4. The van der Waals surface area contributed by atoms with Gasteiger partial charge in [-0.3, -0.25) is 14.3 Å². The average Bonchev–Trinajstić information content (AvgIpc) is 3.59. The van der Waals surface area contributed by atoms with Gasteiger partial charge in [0.15, 0.2) is 23.5 Å². The summed E-state index contributed by atoms with van der Waals surface area (Å²) >= 11 is 0. The number of imidazole rings is 1. The molecule has 6 rings (SSSR count). The Morgan fingerprint density at radius 1 is 1.11 bits per heavy atom. The lowest BCUT2D eigenvalue weighted by Gasteiger charge is -2.46. The van der Waals surface area contributed by atoms with Crippen molar-refractivity contribution in [3.63, 3.8) is 0 Å². The van der Waals surface area contributed by atoms with Crippen LogP contribution in [0.4, 0.5) is 11.5 Å². The van der Waals surface area contributed by atoms with Crippen LogP contribution < -0.4 is 11.5 Å². The molecule has 2 aromatic heterocycles. The zero-order valence-corrected chi connectivity index (χ0v) is 27.7. The predicted octanol–water partition coefficient (Wildman–Crippen LogP) is 4.79. The normalized spacial score (nSPS) is 27.8. The number of benzene rings is 1. The lowest BCUT2D eigenvalue weighted by molar-refractivity contribution is -0.199. The molecule has 1 aromatic carbocycles. The molecule has 0 unspecified atom stereocenters. The quantitative estimate of drug-likeness (QED) is 0.304. The van der Waals surface area contributed by atoms with Crippen LogP contribution in [0.2, 0.25) is 0 Å². The third-order valence-electron chi connectivity index (χ3n) is 9.75. The number of Topliss-reactive ketones (excluding diaryl/α,β-unsaturated/α-hetero) is 1. The molecule has 244 valence electrons. The lowest BCUT2D eigenvalue weighted by Crippen LogP contribution is -2.52. The van der Waals surface area contributed by atoms with Gasteiger partial charge in [0.05, 0.1) is 6.33 Å². The molecule has 0 radical (unpaired) electrons. The Morgan fingerprint density at radius 3 is 2.53 bits per heavy atom. The number of rotatable bonds is 10. The van der Waals surface area contributed by atoms with Gasteiger partial charge >= 0.3 is 0 Å². The molecule has 11 nitrogen and oxygen atoms in total. The second kappa shape index (κ2) is 11.9. The monoisotopic (exact) mass is 619 g/mol. The number of hydrogen-bond acceptors (Lipinski definition) is 10. The van der Waals surface area contributed by atoms with Gasteiger partial charge in [-0.2, -0.15) is 0 Å². The highest BCUT2D eigenvalue weighted by atomic mass is 16.8. The predicted molar refractivity (Wildman–Crippen MR) is 173 cm³/mol. The van der Waals surface area contributed by atoms with Gasteiger partial charge in [-0.15, -0.1) is 0 Å². The van der Waals surface area contributed by atoms with Crippen LogP contribution in [-0.2, 0) is 30.8 Å². The SMILES string of the molecule is CC(C)N(C[C@H]1O[C@@H](n2cnc3c(N)ncnc32)[C@@H]2OC(C)(C)O[C@@H]21)C1CC(CCC(=O)Cc2ccc(C(C)(C)C)cc2N)C1. The maximum absolute atomic E-state index is 12.9. The molecule has 0 spiro atoms. The molecule has 4 atom stereocenters. The van der Waals surface area contributed by atoms with Crippen LogP contribution in [0.15, 0.2) is 30.9 Å². The Kier molecular flexibility index (Phi) is 8.43. The highest BCUT2D eigenvalue weighted by molar-refractivity contribution is 5.82. The van der Waals surface area contributed by atoms with E-state index in [1.165, 1.54) is 11.9 Å². The van der Waals surface area contributed by atoms with Crippen molar-refractivity contribution >= 4 is 28.5 Å². The van der Waals surface area contributed by atoms with E-state index in [9.17, 15) is 4.79 Å². The van der Waals surface area contributed by atoms with E-state index in [-0.39, 0.29) is 29.5 Å². The molecule has 1 saturated carbocycles. The zero-order chi connectivity index (χ0) is 32.3. The van der Waals surface area contributed by atoms with Crippen LogP contribution in [0, 0.1) is 5.92 Å². The fourth-order valence-corrected chi connectivity index (χ4v) is 7.17. The highest BCUT2D eigenvalue weighted by Gasteiger charge is 2.57. The van der Waals surface area contributed by atoms with Crippen LogP contribution >= 0.6 is 0 Å². The van der Waals surface area contributed by atoms with E-state index in [2.05, 4.69) is 60.5 Å². The van der Waals surface area contributed by atoms with Gasteiger partial charge in [-0.25, -0.2) is 15.0 Å². The number of carbonyl (C=O) groups is 1. The smallest absolute Gasteiger partial charge is 0.167 e. The second-order valence-corrected chi connectivity index (χ2v) is 14.9. The minimum Gasteiger partial charge on any atom is -0.398 e. The lowest BCUT2D eigenvalue weighted by atomic mass is 9.75. The maximum Gasteiger partial charge on any atom is 0.167 e. The van der Waals surface area contributed by atoms with E-state index in [1.807, 2.05) is 30.5 Å². The number of nitrogen functional groups attached to an aromatic ring is 2. The van der Waals surface area contributed by atoms with Crippen molar-refractivity contribution < 1.29 is 19.0 Å². The molecule has 2 aliphatic heterocycles. The van der Waals surface area contributed by atoms with Crippen molar-refractivity contribution in [1.82, 2.24) is 24.4 Å². The van der Waals surface area contributed by atoms with Crippen molar-refractivity contribution in [2.75, 3.05) is 18.0 Å². The number of ether oxygens (including phenoxy) is 3. The Hall–Kier alpha value is -3.12. The summed E-state index contributed by atoms with van der Waals surface area (Å²) in [6.07, 6.45) is 5.99. The van der Waals surface area contributed by atoms with Crippen molar-refractivity contribution in [2.45, 2.75) is 128 Å². The second-order valence-electron chi connectivity index (χ2n) is 14.9. The number of nitrogens with two attached hydrogens (primary N) is 2. The molecule has 11 heteroatoms. The molecule has 1 aliphatic carbocycles. The molecule has 4 heterocycles. The van der Waals surface area contributed by atoms with Crippen molar-refractivity contribution in [1.29, 1.82) is 0 Å². The molecular weight excluding hydrogens is 570 g/mol. The summed E-state index contributed by atoms with van der Waals surface area (Å²) in [5, 5.41) is 0. The fourth-order valence-electron chi connectivity index (χ4n) is 7.17. The Morgan fingerprint density at radius 2 is 1.84 bits per heavy atom. The number of anilines is 2. The summed E-state index contributed by atoms with van der Waals surface area (Å²) in [6.45, 7) is 15.6. The molecule has 0 bridgehead atoms. The largest absolute Gasteiger partial charge is 0.398 e.